The number of H-pyrrole nitrogens is 1. The molecule has 6 nitrogen and oxygen atoms in total. The van der Waals surface area contributed by atoms with Crippen molar-refractivity contribution in [2.45, 2.75) is 12.8 Å². The van der Waals surface area contributed by atoms with Crippen LogP contribution < -0.4 is 5.56 Å². The van der Waals surface area contributed by atoms with Gasteiger partial charge < -0.3 is 0 Å². The molecule has 1 atom stereocenters. The first-order valence-electron chi connectivity index (χ1n) is 9.31. The van der Waals surface area contributed by atoms with Crippen molar-refractivity contribution in [3.63, 3.8) is 0 Å². The molecule has 7 heteroatoms. The smallest absolute Gasteiger partial charge is 0.277 e. The first-order chi connectivity index (χ1) is 14.6. The summed E-state index contributed by atoms with van der Waals surface area (Å²) < 4.78 is 1.39. The first kappa shape index (κ1) is 19.4. The summed E-state index contributed by atoms with van der Waals surface area (Å²) in [6.07, 6.45) is 1.74. The predicted molar refractivity (Wildman–Crippen MR) is 115 cm³/mol. The summed E-state index contributed by atoms with van der Waals surface area (Å²) in [5, 5.41) is 22.7. The third-order valence-electron chi connectivity index (χ3n) is 4.94. The normalized spacial score (nSPS) is 11.7. The number of aromatic amines is 1. The van der Waals surface area contributed by atoms with Gasteiger partial charge >= 0.3 is 0 Å². The molecule has 2 aromatic heterocycles. The van der Waals surface area contributed by atoms with Crippen LogP contribution in [0.2, 0.25) is 0 Å². The number of benzene rings is 2. The van der Waals surface area contributed by atoms with E-state index in [1.807, 2.05) is 72.8 Å². The number of nitrogens with zero attached hydrogens (tertiary/aromatic N) is 4. The van der Waals surface area contributed by atoms with Gasteiger partial charge in [-0.15, -0.1) is 0 Å². The van der Waals surface area contributed by atoms with Gasteiger partial charge in [-0.2, -0.15) is 15.2 Å². The highest BCUT2D eigenvalue weighted by molar-refractivity contribution is 7.17. The minimum atomic E-state index is -0.987. The maximum Gasteiger partial charge on any atom is 0.277 e. The lowest BCUT2D eigenvalue weighted by atomic mass is 9.82. The van der Waals surface area contributed by atoms with Crippen LogP contribution >= 0.6 is 11.3 Å². The average molecular weight is 411 g/mol. The minimum absolute atomic E-state index is 0.300. The molecule has 0 unspecified atom stereocenters. The molecular weight excluding hydrogens is 394 g/mol. The fourth-order valence-corrected chi connectivity index (χ4v) is 4.41. The van der Waals surface area contributed by atoms with E-state index in [-0.39, 0.29) is 5.56 Å². The molecule has 0 aliphatic heterocycles. The van der Waals surface area contributed by atoms with Gasteiger partial charge in [-0.3, -0.25) is 9.89 Å². The summed E-state index contributed by atoms with van der Waals surface area (Å²) in [7, 11) is 0. The molecule has 0 aliphatic rings. The van der Waals surface area contributed by atoms with Gasteiger partial charge in [0, 0.05) is 23.4 Å². The highest BCUT2D eigenvalue weighted by atomic mass is 32.1. The number of hydrogen-bond acceptors (Lipinski definition) is 5. The van der Waals surface area contributed by atoms with Crippen molar-refractivity contribution in [3.8, 4) is 27.7 Å². The Bertz CT molecular complexity index is 1290. The van der Waals surface area contributed by atoms with Gasteiger partial charge in [0.2, 0.25) is 5.13 Å². The van der Waals surface area contributed by atoms with E-state index >= 15 is 0 Å². The lowest BCUT2D eigenvalue weighted by molar-refractivity contribution is 0.699. The molecule has 30 heavy (non-hydrogen) atoms. The molecule has 0 saturated carbocycles. The van der Waals surface area contributed by atoms with Crippen LogP contribution in [0.3, 0.4) is 0 Å². The first-order valence-corrected chi connectivity index (χ1v) is 10.1. The van der Waals surface area contributed by atoms with Gasteiger partial charge in [0.05, 0.1) is 17.0 Å². The number of aromatic nitrogens is 3. The zero-order valence-corrected chi connectivity index (χ0v) is 16.9. The van der Waals surface area contributed by atoms with Crippen molar-refractivity contribution in [1.29, 1.82) is 10.5 Å². The zero-order valence-electron chi connectivity index (χ0n) is 16.1. The largest absolute Gasteiger partial charge is 0.293 e. The average Bonchev–Trinajstić information content (AvgIpc) is 3.38. The second-order valence-corrected chi connectivity index (χ2v) is 7.80. The molecule has 0 radical (unpaired) electrons. The van der Waals surface area contributed by atoms with Crippen LogP contribution in [0.15, 0.2) is 71.7 Å². The number of aryl methyl sites for hydroxylation is 1. The minimum Gasteiger partial charge on any atom is -0.293 e. The Morgan fingerprint density at radius 1 is 1.03 bits per heavy atom. The zero-order chi connectivity index (χ0) is 21.1. The second-order valence-electron chi connectivity index (χ2n) is 6.79. The molecule has 0 amide bonds. The van der Waals surface area contributed by atoms with Crippen LogP contribution in [-0.2, 0) is 0 Å². The van der Waals surface area contributed by atoms with Crippen LogP contribution in [-0.4, -0.2) is 14.8 Å². The number of thiazole rings is 1. The Kier molecular flexibility index (Phi) is 5.30. The van der Waals surface area contributed by atoms with E-state index in [0.717, 1.165) is 16.0 Å². The Hall–Kier alpha value is -3.94. The van der Waals surface area contributed by atoms with Crippen LogP contribution in [0.5, 0.6) is 0 Å². The standard InChI is InChI=1S/C23H17N5OS/c1-15-20(21(18(12-24)13-25)17-10-6-3-7-11-17)22(29)28(27-15)23-26-14-19(30-23)16-8-4-2-5-9-16/h2-11,14,18,21,27H,1H3/t21-/m1/s1. The quantitative estimate of drug-likeness (QED) is 0.526. The van der Waals surface area contributed by atoms with E-state index < -0.39 is 11.8 Å². The molecule has 0 spiro atoms. The molecule has 0 fully saturated rings. The lowest BCUT2D eigenvalue weighted by Crippen LogP contribution is -2.23. The van der Waals surface area contributed by atoms with Crippen molar-refractivity contribution in [3.05, 3.63) is 94.0 Å². The fourth-order valence-electron chi connectivity index (χ4n) is 3.53. The monoisotopic (exact) mass is 411 g/mol. The van der Waals surface area contributed by atoms with Crippen molar-refractivity contribution >= 4 is 11.3 Å². The van der Waals surface area contributed by atoms with E-state index in [1.165, 1.54) is 16.0 Å². The van der Waals surface area contributed by atoms with Crippen molar-refractivity contribution in [2.75, 3.05) is 0 Å². The van der Waals surface area contributed by atoms with Crippen molar-refractivity contribution in [2.24, 2.45) is 5.92 Å². The van der Waals surface area contributed by atoms with Crippen LogP contribution in [0.25, 0.3) is 15.6 Å². The Morgan fingerprint density at radius 2 is 1.67 bits per heavy atom. The SMILES string of the molecule is Cc1[nH]n(-c2ncc(-c3ccccc3)s2)c(=O)c1[C@H](c1ccccc1)C(C#N)C#N. The Balaban J connectivity index is 1.82. The van der Waals surface area contributed by atoms with Gasteiger partial charge in [0.15, 0.2) is 0 Å². The lowest BCUT2D eigenvalue weighted by Gasteiger charge is -2.16. The molecule has 2 aromatic carbocycles. The van der Waals surface area contributed by atoms with E-state index in [9.17, 15) is 15.3 Å². The van der Waals surface area contributed by atoms with Crippen LogP contribution in [0, 0.1) is 35.5 Å². The Labute approximate surface area is 177 Å². The summed E-state index contributed by atoms with van der Waals surface area (Å²) in [5.74, 6) is -1.64. The van der Waals surface area contributed by atoms with Gasteiger partial charge in [0.25, 0.3) is 5.56 Å². The summed E-state index contributed by atoms with van der Waals surface area (Å²) in [6.45, 7) is 1.78. The maximum absolute atomic E-state index is 13.4. The molecular formula is C23H17N5OS. The van der Waals surface area contributed by atoms with Gasteiger partial charge in [0.1, 0.15) is 5.92 Å². The van der Waals surface area contributed by atoms with Crippen LogP contribution in [0.4, 0.5) is 0 Å². The Morgan fingerprint density at radius 3 is 2.30 bits per heavy atom. The number of nitrogens with one attached hydrogen (secondary N) is 1. The van der Waals surface area contributed by atoms with E-state index in [4.69, 9.17) is 0 Å². The molecule has 4 rings (SSSR count). The molecule has 2 heterocycles. The number of nitriles is 2. The van der Waals surface area contributed by atoms with E-state index in [0.29, 0.717) is 16.4 Å². The molecule has 0 saturated heterocycles. The topological polar surface area (TPSA) is 98.3 Å². The molecule has 146 valence electrons. The molecule has 0 bridgehead atoms. The molecule has 4 aromatic rings. The van der Waals surface area contributed by atoms with E-state index in [2.05, 4.69) is 10.1 Å². The molecule has 1 N–H and O–H groups in total. The third kappa shape index (κ3) is 3.43. The fraction of sp³-hybridized carbons (Fsp3) is 0.130. The summed E-state index contributed by atoms with van der Waals surface area (Å²) >= 11 is 1.39. The summed E-state index contributed by atoms with van der Waals surface area (Å²) in [4.78, 5) is 18.7. The van der Waals surface area contributed by atoms with Crippen LogP contribution in [0.1, 0.15) is 22.7 Å². The van der Waals surface area contributed by atoms with Crippen molar-refractivity contribution in [1.82, 2.24) is 14.8 Å². The van der Waals surface area contributed by atoms with Gasteiger partial charge in [-0.05, 0) is 18.1 Å². The third-order valence-corrected chi connectivity index (χ3v) is 5.97. The van der Waals surface area contributed by atoms with E-state index in [1.54, 1.807) is 13.1 Å². The van der Waals surface area contributed by atoms with Gasteiger partial charge in [-0.1, -0.05) is 72.0 Å². The number of rotatable bonds is 5. The summed E-state index contributed by atoms with van der Waals surface area (Å²) in [6, 6.07) is 23.1. The summed E-state index contributed by atoms with van der Waals surface area (Å²) in [5.41, 5.74) is 2.49. The highest BCUT2D eigenvalue weighted by Gasteiger charge is 2.31. The van der Waals surface area contributed by atoms with Gasteiger partial charge in [-0.25, -0.2) is 4.98 Å². The predicted octanol–water partition coefficient (Wildman–Crippen LogP) is 4.39. The number of hydrogen-bond donors (Lipinski definition) is 1. The molecule has 0 aliphatic carbocycles. The van der Waals surface area contributed by atoms with Crippen molar-refractivity contribution < 1.29 is 0 Å². The maximum atomic E-state index is 13.4. The highest BCUT2D eigenvalue weighted by Crippen LogP contribution is 2.32. The second kappa shape index (κ2) is 8.20.